The van der Waals surface area contributed by atoms with Gasteiger partial charge in [-0.1, -0.05) is 78.5 Å². The molecule has 4 aromatic carbocycles. The van der Waals surface area contributed by atoms with Crippen LogP contribution in [0.2, 0.25) is 0 Å². The number of nitrogens with one attached hydrogen (secondary N) is 1. The molecular weight excluding hydrogens is 653 g/mol. The number of furan rings is 1. The number of likely N-dealkylation sites (tertiary alicyclic amines) is 1. The van der Waals surface area contributed by atoms with Gasteiger partial charge in [-0.2, -0.15) is 0 Å². The van der Waals surface area contributed by atoms with Gasteiger partial charge in [-0.3, -0.25) is 19.4 Å². The lowest BCUT2D eigenvalue weighted by Crippen LogP contribution is -2.43. The van der Waals surface area contributed by atoms with Crippen LogP contribution in [0.1, 0.15) is 35.0 Å². The molecule has 2 atom stereocenters. The van der Waals surface area contributed by atoms with Crippen molar-refractivity contribution in [3.05, 3.63) is 144 Å². The second-order valence-electron chi connectivity index (χ2n) is 11.8. The third kappa shape index (κ3) is 7.74. The number of para-hydroxylation sites is 1. The molecule has 7 rings (SSSR count). The molecule has 1 N–H and O–H groups in total. The first-order valence-electron chi connectivity index (χ1n) is 16.3. The molecule has 2 aliphatic heterocycles. The molecule has 10 nitrogen and oxygen atoms in total. The Balaban J connectivity index is 1.03. The van der Waals surface area contributed by atoms with E-state index in [4.69, 9.17) is 18.9 Å². The number of rotatable bonds is 10. The molecule has 1 aromatic heterocycles. The van der Waals surface area contributed by atoms with Crippen molar-refractivity contribution in [3.8, 4) is 11.5 Å². The summed E-state index contributed by atoms with van der Waals surface area (Å²) in [5.41, 5.74) is 2.85. The molecule has 252 valence electrons. The molecule has 0 bridgehead atoms. The van der Waals surface area contributed by atoms with E-state index in [1.165, 1.54) is 16.7 Å². The van der Waals surface area contributed by atoms with Gasteiger partial charge in [-0.15, -0.1) is 0 Å². The van der Waals surface area contributed by atoms with Gasteiger partial charge >= 0.3 is 6.09 Å². The smallest absolute Gasteiger partial charge is 0.410 e. The third-order valence-electron chi connectivity index (χ3n) is 8.34. The number of amides is 3. The minimum atomic E-state index is -0.629. The lowest BCUT2D eigenvalue weighted by Gasteiger charge is -2.23. The highest BCUT2D eigenvalue weighted by molar-refractivity contribution is 8.15. The molecule has 11 heteroatoms. The highest BCUT2D eigenvalue weighted by Crippen LogP contribution is 2.42. The Labute approximate surface area is 293 Å². The lowest BCUT2D eigenvalue weighted by molar-refractivity contribution is -0.126. The Morgan fingerprint density at radius 3 is 2.40 bits per heavy atom. The van der Waals surface area contributed by atoms with E-state index in [1.54, 1.807) is 29.4 Å². The van der Waals surface area contributed by atoms with Gasteiger partial charge in [0.15, 0.2) is 5.17 Å². The molecule has 2 saturated heterocycles. The summed E-state index contributed by atoms with van der Waals surface area (Å²) in [5, 5.41) is 2.92. The van der Waals surface area contributed by atoms with Crippen LogP contribution >= 0.6 is 11.8 Å². The second kappa shape index (κ2) is 15.2. The number of aliphatic imine (C=N–C) groups is 1. The standard InChI is InChI=1S/C39H34N4O6S/c44-36(34-17-8-22-42(34)39(46)48-26-27-10-3-1-4-11-27)40-29-20-18-28(19-21-29)35-37(45)43(25-33-16-9-23-47-33)38(50-35)41-30-12-7-15-32(24-30)49-31-13-5-2-6-14-31/h1-7,9-16,18-21,23-24,34-35H,8,17,22,25-26H2,(H,40,44)/t34-,35?/m0/s1. The van der Waals surface area contributed by atoms with Crippen LogP contribution in [0.4, 0.5) is 16.2 Å². The number of anilines is 1. The minimum Gasteiger partial charge on any atom is -0.467 e. The molecule has 0 aliphatic carbocycles. The average Bonchev–Trinajstić information content (AvgIpc) is 3.91. The van der Waals surface area contributed by atoms with Crippen LogP contribution < -0.4 is 10.1 Å². The fourth-order valence-electron chi connectivity index (χ4n) is 5.83. The van der Waals surface area contributed by atoms with Gasteiger partial charge in [-0.05, 0) is 72.5 Å². The minimum absolute atomic E-state index is 0.130. The van der Waals surface area contributed by atoms with Gasteiger partial charge in [0.25, 0.3) is 0 Å². The van der Waals surface area contributed by atoms with Crippen molar-refractivity contribution >= 4 is 46.2 Å². The summed E-state index contributed by atoms with van der Waals surface area (Å²) in [6.45, 7) is 0.826. The number of amidine groups is 1. The first-order valence-corrected chi connectivity index (χ1v) is 17.2. The molecule has 5 aromatic rings. The van der Waals surface area contributed by atoms with Crippen molar-refractivity contribution in [3.63, 3.8) is 0 Å². The van der Waals surface area contributed by atoms with Crippen LogP contribution in [0.3, 0.4) is 0 Å². The van der Waals surface area contributed by atoms with Crippen LogP contribution in [0, 0.1) is 0 Å². The van der Waals surface area contributed by atoms with E-state index in [0.717, 1.165) is 11.1 Å². The number of hydrogen-bond acceptors (Lipinski definition) is 8. The van der Waals surface area contributed by atoms with E-state index in [2.05, 4.69) is 5.32 Å². The fraction of sp³-hybridized carbons (Fsp3) is 0.179. The lowest BCUT2D eigenvalue weighted by atomic mass is 10.1. The van der Waals surface area contributed by atoms with E-state index in [9.17, 15) is 14.4 Å². The number of hydrogen-bond donors (Lipinski definition) is 1. The molecule has 0 spiro atoms. The monoisotopic (exact) mass is 686 g/mol. The van der Waals surface area contributed by atoms with E-state index >= 15 is 0 Å². The van der Waals surface area contributed by atoms with Crippen molar-refractivity contribution in [2.75, 3.05) is 11.9 Å². The number of ether oxygens (including phenoxy) is 2. The quantitative estimate of drug-likeness (QED) is 0.157. The summed E-state index contributed by atoms with van der Waals surface area (Å²) in [7, 11) is 0. The summed E-state index contributed by atoms with van der Waals surface area (Å²) in [6.07, 6.45) is 2.33. The predicted octanol–water partition coefficient (Wildman–Crippen LogP) is 8.32. The Morgan fingerprint density at radius 2 is 1.64 bits per heavy atom. The molecule has 2 fully saturated rings. The Kier molecular flexibility index (Phi) is 9.93. The number of benzene rings is 4. The normalized spacial score (nSPS) is 18.0. The van der Waals surface area contributed by atoms with Crippen LogP contribution in [-0.4, -0.2) is 45.5 Å². The fourth-order valence-corrected chi connectivity index (χ4v) is 7.01. The van der Waals surface area contributed by atoms with E-state index in [1.807, 2.05) is 103 Å². The Bertz CT molecular complexity index is 1970. The van der Waals surface area contributed by atoms with Crippen molar-refractivity contribution in [2.45, 2.75) is 37.3 Å². The van der Waals surface area contributed by atoms with Crippen LogP contribution in [-0.2, 0) is 27.5 Å². The predicted molar refractivity (Wildman–Crippen MR) is 191 cm³/mol. The van der Waals surface area contributed by atoms with Crippen LogP contribution in [0.25, 0.3) is 0 Å². The summed E-state index contributed by atoms with van der Waals surface area (Å²) in [5.74, 6) is 1.56. The zero-order valence-electron chi connectivity index (χ0n) is 27.0. The molecule has 3 heterocycles. The summed E-state index contributed by atoms with van der Waals surface area (Å²) in [6, 6.07) is 36.5. The summed E-state index contributed by atoms with van der Waals surface area (Å²) in [4.78, 5) is 47.9. The maximum atomic E-state index is 13.9. The molecule has 2 aliphatic rings. The van der Waals surface area contributed by atoms with Crippen LogP contribution in [0.15, 0.2) is 137 Å². The SMILES string of the molecule is O=C(Nc1ccc(C2SC(=Nc3cccc(Oc4ccccc4)c3)N(Cc3ccco3)C2=O)cc1)[C@@H]1CCCN1C(=O)OCc1ccccc1. The Hall–Kier alpha value is -5.81. The van der Waals surface area contributed by atoms with Gasteiger partial charge < -0.3 is 19.2 Å². The van der Waals surface area contributed by atoms with Crippen LogP contribution in [0.5, 0.6) is 11.5 Å². The number of thioether (sulfide) groups is 1. The molecular formula is C39H34N4O6S. The second-order valence-corrected chi connectivity index (χ2v) is 12.9. The first-order chi connectivity index (χ1) is 24.5. The van der Waals surface area contributed by atoms with E-state index in [0.29, 0.717) is 53.2 Å². The highest BCUT2D eigenvalue weighted by Gasteiger charge is 2.40. The summed E-state index contributed by atoms with van der Waals surface area (Å²) >= 11 is 1.35. The van der Waals surface area contributed by atoms with Gasteiger partial charge in [-0.25, -0.2) is 9.79 Å². The maximum Gasteiger partial charge on any atom is 0.410 e. The molecule has 3 amide bonds. The topological polar surface area (TPSA) is 114 Å². The molecule has 0 radical (unpaired) electrons. The van der Waals surface area contributed by atoms with Crippen molar-refractivity contribution in [2.24, 2.45) is 4.99 Å². The maximum absolute atomic E-state index is 13.9. The molecule has 0 saturated carbocycles. The number of carbonyl (C=O) groups excluding carboxylic acids is 3. The van der Waals surface area contributed by atoms with Gasteiger partial charge in [0, 0.05) is 18.3 Å². The van der Waals surface area contributed by atoms with Gasteiger partial charge in [0.2, 0.25) is 11.8 Å². The average molecular weight is 687 g/mol. The number of nitrogens with zero attached hydrogens (tertiary/aromatic N) is 3. The third-order valence-corrected chi connectivity index (χ3v) is 9.57. The summed E-state index contributed by atoms with van der Waals surface area (Å²) < 4.78 is 17.1. The molecule has 50 heavy (non-hydrogen) atoms. The van der Waals surface area contributed by atoms with E-state index in [-0.39, 0.29) is 25.0 Å². The van der Waals surface area contributed by atoms with Gasteiger partial charge in [0.1, 0.15) is 35.2 Å². The Morgan fingerprint density at radius 1 is 0.880 bits per heavy atom. The largest absolute Gasteiger partial charge is 0.467 e. The van der Waals surface area contributed by atoms with Crippen molar-refractivity contribution in [1.82, 2.24) is 9.80 Å². The zero-order chi connectivity index (χ0) is 34.3. The zero-order valence-corrected chi connectivity index (χ0v) is 27.8. The highest BCUT2D eigenvalue weighted by atomic mass is 32.2. The van der Waals surface area contributed by atoms with E-state index < -0.39 is 17.4 Å². The molecule has 1 unspecified atom stereocenters. The first kappa shape index (κ1) is 32.7. The van der Waals surface area contributed by atoms with Crippen molar-refractivity contribution < 1.29 is 28.3 Å². The number of carbonyl (C=O) groups is 3. The van der Waals surface area contributed by atoms with Gasteiger partial charge in [0.05, 0.1) is 18.5 Å². The van der Waals surface area contributed by atoms with Crippen molar-refractivity contribution in [1.29, 1.82) is 0 Å².